The number of benzene rings is 1. The lowest BCUT2D eigenvalue weighted by Crippen LogP contribution is -2.21. The van der Waals surface area contributed by atoms with Crippen LogP contribution in [0.15, 0.2) is 35.8 Å². The average molecular weight is 265 g/mol. The summed E-state index contributed by atoms with van der Waals surface area (Å²) in [5, 5.41) is 0. The Morgan fingerprint density at radius 1 is 1.26 bits per heavy atom. The zero-order chi connectivity index (χ0) is 14.5. The second-order valence-electron chi connectivity index (χ2n) is 4.83. The number of nitrogens with zero attached hydrogens (tertiary/aromatic N) is 1. The number of alkyl halides is 2. The highest BCUT2D eigenvalue weighted by atomic mass is 19.3. The summed E-state index contributed by atoms with van der Waals surface area (Å²) >= 11 is 0. The van der Waals surface area contributed by atoms with Crippen LogP contribution in [0, 0.1) is 0 Å². The van der Waals surface area contributed by atoms with Gasteiger partial charge in [-0.3, -0.25) is 4.99 Å². The third-order valence-electron chi connectivity index (χ3n) is 3.04. The van der Waals surface area contributed by atoms with Gasteiger partial charge in [0, 0.05) is 6.92 Å². The molecule has 0 saturated heterocycles. The zero-order valence-corrected chi connectivity index (χ0v) is 11.8. The van der Waals surface area contributed by atoms with Crippen LogP contribution in [-0.2, 0) is 6.42 Å². The molecule has 0 aliphatic heterocycles. The third-order valence-corrected chi connectivity index (χ3v) is 3.04. The molecule has 104 valence electrons. The van der Waals surface area contributed by atoms with Gasteiger partial charge >= 0.3 is 0 Å². The molecule has 0 aliphatic rings. The summed E-state index contributed by atoms with van der Waals surface area (Å²) in [7, 11) is 0. The first-order valence-electron chi connectivity index (χ1n) is 6.56. The van der Waals surface area contributed by atoms with Gasteiger partial charge in [0.25, 0.3) is 5.92 Å². The van der Waals surface area contributed by atoms with E-state index in [1.807, 2.05) is 24.3 Å². The Morgan fingerprint density at radius 3 is 2.32 bits per heavy atom. The smallest absolute Gasteiger partial charge is 0.252 e. The standard InChI is InChI=1S/C16H21F2N/c1-5-6-7-14-8-10-15(11-9-14)12(2)19-13(3)16(4,17)18/h8-11H,2,5-7H2,1,3-4H3. The first-order chi connectivity index (χ1) is 8.84. The van der Waals surface area contributed by atoms with Crippen molar-refractivity contribution in [3.05, 3.63) is 42.0 Å². The van der Waals surface area contributed by atoms with Gasteiger partial charge in [-0.15, -0.1) is 0 Å². The van der Waals surface area contributed by atoms with E-state index < -0.39 is 5.92 Å². The predicted molar refractivity (Wildman–Crippen MR) is 77.8 cm³/mol. The van der Waals surface area contributed by atoms with Crippen LogP contribution in [0.1, 0.15) is 44.7 Å². The van der Waals surface area contributed by atoms with Crippen molar-refractivity contribution in [2.75, 3.05) is 0 Å². The maximum atomic E-state index is 13.0. The predicted octanol–water partition coefficient (Wildman–Crippen LogP) is 5.12. The van der Waals surface area contributed by atoms with E-state index in [0.29, 0.717) is 5.70 Å². The molecule has 0 bridgehead atoms. The Kier molecular flexibility index (Phi) is 5.40. The molecule has 3 heteroatoms. The summed E-state index contributed by atoms with van der Waals surface area (Å²) in [5.41, 5.74) is 2.19. The largest absolute Gasteiger partial charge is 0.282 e. The molecule has 0 unspecified atom stereocenters. The van der Waals surface area contributed by atoms with Gasteiger partial charge in [0.1, 0.15) is 0 Å². The second-order valence-corrected chi connectivity index (χ2v) is 4.83. The van der Waals surface area contributed by atoms with Crippen molar-refractivity contribution < 1.29 is 8.78 Å². The topological polar surface area (TPSA) is 12.4 Å². The SMILES string of the molecule is C=C(N=C(C)C(C)(F)F)c1ccc(CCCC)cc1. The van der Waals surface area contributed by atoms with Crippen LogP contribution in [0.25, 0.3) is 5.70 Å². The second kappa shape index (κ2) is 6.60. The quantitative estimate of drug-likeness (QED) is 0.633. The molecule has 0 spiro atoms. The van der Waals surface area contributed by atoms with E-state index in [9.17, 15) is 8.78 Å². The highest BCUT2D eigenvalue weighted by Crippen LogP contribution is 2.20. The normalized spacial score (nSPS) is 12.6. The van der Waals surface area contributed by atoms with Gasteiger partial charge in [-0.05, 0) is 30.9 Å². The van der Waals surface area contributed by atoms with E-state index in [1.54, 1.807) is 0 Å². The summed E-state index contributed by atoms with van der Waals surface area (Å²) in [6.07, 6.45) is 3.35. The minimum atomic E-state index is -2.90. The lowest BCUT2D eigenvalue weighted by atomic mass is 10.1. The fourth-order valence-electron chi connectivity index (χ4n) is 1.61. The molecule has 1 aromatic rings. The van der Waals surface area contributed by atoms with Gasteiger partial charge in [0.15, 0.2) is 0 Å². The zero-order valence-electron chi connectivity index (χ0n) is 11.8. The lowest BCUT2D eigenvalue weighted by Gasteiger charge is -2.10. The molecule has 0 aliphatic carbocycles. The van der Waals surface area contributed by atoms with Crippen molar-refractivity contribution in [3.8, 4) is 0 Å². The lowest BCUT2D eigenvalue weighted by molar-refractivity contribution is 0.0999. The Labute approximate surface area is 114 Å². The van der Waals surface area contributed by atoms with Crippen molar-refractivity contribution >= 4 is 11.4 Å². The summed E-state index contributed by atoms with van der Waals surface area (Å²) in [6.45, 7) is 8.06. The van der Waals surface area contributed by atoms with Gasteiger partial charge in [-0.2, -0.15) is 0 Å². The molecule has 0 aromatic heterocycles. The molecular weight excluding hydrogens is 244 g/mol. The molecule has 0 fully saturated rings. The highest BCUT2D eigenvalue weighted by Gasteiger charge is 2.25. The highest BCUT2D eigenvalue weighted by molar-refractivity contribution is 5.92. The van der Waals surface area contributed by atoms with Crippen LogP contribution in [0.3, 0.4) is 0 Å². The molecular formula is C16H21F2N. The van der Waals surface area contributed by atoms with Crippen molar-refractivity contribution in [1.29, 1.82) is 0 Å². The molecule has 1 aromatic carbocycles. The molecule has 0 radical (unpaired) electrons. The fourth-order valence-corrected chi connectivity index (χ4v) is 1.61. The van der Waals surface area contributed by atoms with Crippen LogP contribution in [0.2, 0.25) is 0 Å². The van der Waals surface area contributed by atoms with Gasteiger partial charge < -0.3 is 0 Å². The number of hydrogen-bond donors (Lipinski definition) is 0. The number of hydrogen-bond acceptors (Lipinski definition) is 1. The van der Waals surface area contributed by atoms with Crippen LogP contribution in [0.4, 0.5) is 8.78 Å². The Morgan fingerprint density at radius 2 is 1.84 bits per heavy atom. The van der Waals surface area contributed by atoms with Crippen LogP contribution in [0.5, 0.6) is 0 Å². The molecule has 0 saturated carbocycles. The van der Waals surface area contributed by atoms with E-state index in [-0.39, 0.29) is 5.71 Å². The molecule has 0 amide bonds. The number of rotatable bonds is 6. The summed E-state index contributed by atoms with van der Waals surface area (Å²) in [4.78, 5) is 3.88. The molecule has 19 heavy (non-hydrogen) atoms. The molecule has 0 heterocycles. The van der Waals surface area contributed by atoms with Gasteiger partial charge in [-0.1, -0.05) is 44.2 Å². The minimum absolute atomic E-state index is 0.215. The summed E-state index contributed by atoms with van der Waals surface area (Å²) < 4.78 is 26.0. The van der Waals surface area contributed by atoms with Gasteiger partial charge in [0.2, 0.25) is 0 Å². The maximum Gasteiger partial charge on any atom is 0.282 e. The van der Waals surface area contributed by atoms with E-state index in [1.165, 1.54) is 12.5 Å². The van der Waals surface area contributed by atoms with Crippen LogP contribution >= 0.6 is 0 Å². The van der Waals surface area contributed by atoms with Crippen molar-refractivity contribution in [3.63, 3.8) is 0 Å². The van der Waals surface area contributed by atoms with Crippen molar-refractivity contribution in [2.45, 2.75) is 46.0 Å². The number of aryl methyl sites for hydroxylation is 1. The molecule has 0 N–H and O–H groups in total. The van der Waals surface area contributed by atoms with E-state index in [2.05, 4.69) is 18.5 Å². The monoisotopic (exact) mass is 265 g/mol. The minimum Gasteiger partial charge on any atom is -0.252 e. The van der Waals surface area contributed by atoms with E-state index in [4.69, 9.17) is 0 Å². The average Bonchev–Trinajstić information content (AvgIpc) is 2.35. The maximum absolute atomic E-state index is 13.0. The molecule has 1 nitrogen and oxygen atoms in total. The Bertz CT molecular complexity index is 453. The van der Waals surface area contributed by atoms with Crippen molar-refractivity contribution in [1.82, 2.24) is 0 Å². The van der Waals surface area contributed by atoms with Gasteiger partial charge in [-0.25, -0.2) is 8.78 Å². The van der Waals surface area contributed by atoms with Crippen LogP contribution < -0.4 is 0 Å². The van der Waals surface area contributed by atoms with E-state index >= 15 is 0 Å². The number of aliphatic imine (C=N–C) groups is 1. The summed E-state index contributed by atoms with van der Waals surface area (Å²) in [6, 6.07) is 7.78. The number of unbranched alkanes of at least 4 members (excludes halogenated alkanes) is 1. The Balaban J connectivity index is 2.79. The van der Waals surface area contributed by atoms with Crippen LogP contribution in [-0.4, -0.2) is 11.6 Å². The third kappa shape index (κ3) is 4.93. The molecule has 1 rings (SSSR count). The first kappa shape index (κ1) is 15.5. The van der Waals surface area contributed by atoms with Gasteiger partial charge in [0.05, 0.1) is 11.4 Å². The summed E-state index contributed by atoms with van der Waals surface area (Å²) in [5.74, 6) is -2.90. The number of halogens is 2. The Hall–Kier alpha value is -1.51. The molecule has 0 atom stereocenters. The fraction of sp³-hybridized carbons (Fsp3) is 0.438. The first-order valence-corrected chi connectivity index (χ1v) is 6.56. The van der Waals surface area contributed by atoms with E-state index in [0.717, 1.165) is 31.7 Å². The van der Waals surface area contributed by atoms with Crippen molar-refractivity contribution in [2.24, 2.45) is 4.99 Å².